The van der Waals surface area contributed by atoms with Gasteiger partial charge in [0.2, 0.25) is 5.91 Å². The number of carbonyl (C=O) groups is 2. The molecule has 8 nitrogen and oxygen atoms in total. The lowest BCUT2D eigenvalue weighted by atomic mass is 9.73. The fourth-order valence-corrected chi connectivity index (χ4v) is 5.79. The molecule has 2 amide bonds. The Labute approximate surface area is 215 Å². The lowest BCUT2D eigenvalue weighted by molar-refractivity contribution is -0.145. The van der Waals surface area contributed by atoms with Gasteiger partial charge in [-0.3, -0.25) is 9.59 Å². The van der Waals surface area contributed by atoms with Crippen LogP contribution in [0.5, 0.6) is 11.5 Å². The molecule has 2 saturated heterocycles. The molecule has 2 N–H and O–H groups in total. The quantitative estimate of drug-likeness (QED) is 0.477. The van der Waals surface area contributed by atoms with E-state index in [1.807, 2.05) is 73.6 Å². The van der Waals surface area contributed by atoms with Crippen molar-refractivity contribution in [1.29, 1.82) is 0 Å². The van der Waals surface area contributed by atoms with E-state index in [-0.39, 0.29) is 11.3 Å². The number of benzene rings is 2. The molecule has 3 heterocycles. The van der Waals surface area contributed by atoms with Crippen molar-refractivity contribution >= 4 is 28.3 Å². The zero-order valence-electron chi connectivity index (χ0n) is 20.6. The maximum absolute atomic E-state index is 12.4. The number of carbonyl (C=O) groups excluding carboxylic acids is 2. The Morgan fingerprint density at radius 3 is 2.33 bits per heavy atom. The van der Waals surface area contributed by atoms with Crippen molar-refractivity contribution in [3.8, 4) is 22.8 Å². The van der Waals surface area contributed by atoms with Gasteiger partial charge >= 0.3 is 0 Å². The zero-order valence-corrected chi connectivity index (χ0v) is 21.5. The van der Waals surface area contributed by atoms with E-state index < -0.39 is 5.91 Å². The van der Waals surface area contributed by atoms with Gasteiger partial charge in [0.05, 0.1) is 5.69 Å². The first-order valence-corrected chi connectivity index (χ1v) is 12.9. The summed E-state index contributed by atoms with van der Waals surface area (Å²) < 4.78 is 5.87. The minimum atomic E-state index is -0.480. The van der Waals surface area contributed by atoms with Gasteiger partial charge in [0.25, 0.3) is 5.91 Å². The van der Waals surface area contributed by atoms with E-state index in [0.717, 1.165) is 55.6 Å². The van der Waals surface area contributed by atoms with Crippen molar-refractivity contribution < 1.29 is 14.3 Å². The number of thiazole rings is 1. The van der Waals surface area contributed by atoms with E-state index in [4.69, 9.17) is 15.5 Å². The Kier molecular flexibility index (Phi) is 6.68. The highest BCUT2D eigenvalue weighted by Crippen LogP contribution is 2.44. The van der Waals surface area contributed by atoms with Gasteiger partial charge in [0.15, 0.2) is 5.13 Å². The van der Waals surface area contributed by atoms with Crippen LogP contribution in [0.4, 0.5) is 5.13 Å². The molecule has 2 aromatic carbocycles. The van der Waals surface area contributed by atoms with E-state index in [1.54, 1.807) is 0 Å². The largest absolute Gasteiger partial charge is 0.457 e. The fraction of sp³-hybridized carbons (Fsp3) is 0.370. The van der Waals surface area contributed by atoms with Crippen LogP contribution in [0.3, 0.4) is 0 Å². The Bertz CT molecular complexity index is 1230. The van der Waals surface area contributed by atoms with E-state index in [0.29, 0.717) is 22.7 Å². The molecule has 1 aromatic heterocycles. The first kappa shape index (κ1) is 24.3. The molecule has 5 rings (SSSR count). The number of hydrogen-bond donors (Lipinski definition) is 1. The van der Waals surface area contributed by atoms with E-state index in [1.165, 1.54) is 11.3 Å². The summed E-state index contributed by atoms with van der Waals surface area (Å²) in [6.45, 7) is 4.20. The standard InChI is InChI=1S/C27H31N5O3S/c1-30(2)14-6-9-22(33)31-15-27(16-31)17-32(18-27)26-29-23(24(36-26)25(28)34)19-10-12-21(13-11-19)35-20-7-4-3-5-8-20/h3-5,7-8,10-13H,6,9,14-18H2,1-2H3,(H2,28,34). The van der Waals surface area contributed by atoms with Crippen molar-refractivity contribution in [3.63, 3.8) is 0 Å². The van der Waals surface area contributed by atoms with Crippen molar-refractivity contribution in [3.05, 3.63) is 59.5 Å². The maximum Gasteiger partial charge on any atom is 0.261 e. The number of anilines is 1. The number of aromatic nitrogens is 1. The maximum atomic E-state index is 12.4. The van der Waals surface area contributed by atoms with Crippen LogP contribution in [0.2, 0.25) is 0 Å². The minimum absolute atomic E-state index is 0.145. The second-order valence-corrected chi connectivity index (χ2v) is 11.0. The van der Waals surface area contributed by atoms with Gasteiger partial charge in [-0.15, -0.1) is 0 Å². The molecule has 0 aliphatic carbocycles. The number of primary amides is 1. The van der Waals surface area contributed by atoms with Gasteiger partial charge in [0, 0.05) is 43.6 Å². The van der Waals surface area contributed by atoms with Gasteiger partial charge in [-0.1, -0.05) is 29.5 Å². The van der Waals surface area contributed by atoms with Crippen LogP contribution in [-0.4, -0.2) is 73.4 Å². The third kappa shape index (κ3) is 5.08. The van der Waals surface area contributed by atoms with Crippen LogP contribution in [-0.2, 0) is 4.79 Å². The van der Waals surface area contributed by atoms with E-state index in [2.05, 4.69) is 9.80 Å². The monoisotopic (exact) mass is 505 g/mol. The van der Waals surface area contributed by atoms with Crippen molar-refractivity contribution in [2.24, 2.45) is 11.1 Å². The Morgan fingerprint density at radius 2 is 1.69 bits per heavy atom. The van der Waals surface area contributed by atoms with Crippen LogP contribution in [0.1, 0.15) is 22.5 Å². The summed E-state index contributed by atoms with van der Waals surface area (Å²) in [5, 5.41) is 0.796. The summed E-state index contributed by atoms with van der Waals surface area (Å²) in [5.41, 5.74) is 7.26. The predicted octanol–water partition coefficient (Wildman–Crippen LogP) is 3.69. The number of nitrogens with two attached hydrogens (primary N) is 1. The Morgan fingerprint density at radius 1 is 1.03 bits per heavy atom. The zero-order chi connectivity index (χ0) is 25.3. The molecule has 3 aromatic rings. The first-order chi connectivity index (χ1) is 17.3. The number of likely N-dealkylation sites (tertiary alicyclic amines) is 1. The number of rotatable bonds is 9. The van der Waals surface area contributed by atoms with Gasteiger partial charge in [-0.2, -0.15) is 0 Å². The number of amides is 2. The average molecular weight is 506 g/mol. The summed E-state index contributed by atoms with van der Waals surface area (Å²) in [6, 6.07) is 17.1. The molecule has 2 aliphatic rings. The molecule has 9 heteroatoms. The predicted molar refractivity (Wildman–Crippen MR) is 142 cm³/mol. The van der Waals surface area contributed by atoms with Gasteiger partial charge in [0.1, 0.15) is 16.4 Å². The summed E-state index contributed by atoms with van der Waals surface area (Å²) >= 11 is 1.33. The molecule has 36 heavy (non-hydrogen) atoms. The molecule has 0 unspecified atom stereocenters. The first-order valence-electron chi connectivity index (χ1n) is 12.1. The molecule has 0 radical (unpaired) electrons. The highest BCUT2D eigenvalue weighted by molar-refractivity contribution is 7.18. The average Bonchev–Trinajstić information content (AvgIpc) is 3.24. The van der Waals surface area contributed by atoms with Gasteiger partial charge in [-0.25, -0.2) is 4.98 Å². The number of para-hydroxylation sites is 1. The van der Waals surface area contributed by atoms with Crippen LogP contribution < -0.4 is 15.4 Å². The van der Waals surface area contributed by atoms with Crippen LogP contribution in [0.15, 0.2) is 54.6 Å². The molecule has 0 atom stereocenters. The Hall–Kier alpha value is -3.43. The summed E-state index contributed by atoms with van der Waals surface area (Å²) in [6.07, 6.45) is 1.49. The Balaban J connectivity index is 1.21. The van der Waals surface area contributed by atoms with Crippen molar-refractivity contribution in [2.45, 2.75) is 12.8 Å². The van der Waals surface area contributed by atoms with E-state index >= 15 is 0 Å². The summed E-state index contributed by atoms with van der Waals surface area (Å²) in [7, 11) is 4.05. The van der Waals surface area contributed by atoms with Gasteiger partial charge < -0.3 is 25.2 Å². The van der Waals surface area contributed by atoms with Crippen molar-refractivity contribution in [1.82, 2.24) is 14.8 Å². The SMILES string of the molecule is CN(C)CCCC(=O)N1CC2(C1)CN(c1nc(-c3ccc(Oc4ccccc4)cc3)c(C(N)=O)s1)C2. The second-order valence-electron chi connectivity index (χ2n) is 9.99. The third-order valence-corrected chi connectivity index (χ3v) is 7.80. The highest BCUT2D eigenvalue weighted by Gasteiger charge is 2.53. The molecule has 1 spiro atoms. The lowest BCUT2D eigenvalue weighted by Crippen LogP contribution is -2.73. The molecule has 2 aliphatic heterocycles. The lowest BCUT2D eigenvalue weighted by Gasteiger charge is -2.60. The van der Waals surface area contributed by atoms with Crippen LogP contribution in [0.25, 0.3) is 11.3 Å². The summed E-state index contributed by atoms with van der Waals surface area (Å²) in [4.78, 5) is 36.1. The van der Waals surface area contributed by atoms with Gasteiger partial charge in [-0.05, 0) is 63.5 Å². The highest BCUT2D eigenvalue weighted by atomic mass is 32.1. The molecular formula is C27H31N5O3S. The smallest absolute Gasteiger partial charge is 0.261 e. The normalized spacial score (nSPS) is 16.1. The molecular weight excluding hydrogens is 474 g/mol. The minimum Gasteiger partial charge on any atom is -0.457 e. The fourth-order valence-electron chi connectivity index (χ4n) is 4.86. The van der Waals surface area contributed by atoms with Crippen LogP contribution in [0, 0.1) is 5.41 Å². The topological polar surface area (TPSA) is 92.0 Å². The number of hydrogen-bond acceptors (Lipinski definition) is 7. The van der Waals surface area contributed by atoms with Crippen LogP contribution >= 0.6 is 11.3 Å². The molecule has 2 fully saturated rings. The number of ether oxygens (including phenoxy) is 1. The van der Waals surface area contributed by atoms with Crippen molar-refractivity contribution in [2.75, 3.05) is 51.7 Å². The number of nitrogens with zero attached hydrogens (tertiary/aromatic N) is 4. The third-order valence-electron chi connectivity index (χ3n) is 6.67. The second kappa shape index (κ2) is 9.91. The molecule has 0 bridgehead atoms. The molecule has 188 valence electrons. The van der Waals surface area contributed by atoms with E-state index in [9.17, 15) is 9.59 Å². The summed E-state index contributed by atoms with van der Waals surface area (Å²) in [5.74, 6) is 1.23. The molecule has 0 saturated carbocycles.